The maximum Gasteiger partial charge on any atom is 0.0449 e. The maximum absolute atomic E-state index is 6.03. The van der Waals surface area contributed by atoms with Gasteiger partial charge in [0.1, 0.15) is 0 Å². The molecule has 0 saturated carbocycles. The molecule has 1 atom stereocenters. The molecule has 13 heavy (non-hydrogen) atoms. The highest BCUT2D eigenvalue weighted by Gasteiger charge is 2.05. The van der Waals surface area contributed by atoms with Crippen molar-refractivity contribution in [1.29, 1.82) is 0 Å². The van der Waals surface area contributed by atoms with Crippen LogP contribution in [0.15, 0.2) is 22.7 Å². The van der Waals surface area contributed by atoms with Gasteiger partial charge >= 0.3 is 0 Å². The van der Waals surface area contributed by atoms with E-state index in [9.17, 15) is 0 Å². The summed E-state index contributed by atoms with van der Waals surface area (Å²) in [6, 6.07) is 6.10. The molecule has 3 N–H and O–H groups in total. The van der Waals surface area contributed by atoms with Crippen LogP contribution in [0.2, 0.25) is 5.02 Å². The molecular formula is C9H12BrClN2. The van der Waals surface area contributed by atoms with Crippen LogP contribution in [0.1, 0.15) is 12.5 Å². The van der Waals surface area contributed by atoms with E-state index in [1.165, 1.54) is 0 Å². The molecule has 0 radical (unpaired) electrons. The van der Waals surface area contributed by atoms with Gasteiger partial charge in [-0.15, -0.1) is 0 Å². The Kier molecular flexibility index (Phi) is 4.19. The summed E-state index contributed by atoms with van der Waals surface area (Å²) in [4.78, 5) is 0. The van der Waals surface area contributed by atoms with E-state index in [2.05, 4.69) is 21.4 Å². The van der Waals surface area contributed by atoms with E-state index in [1.807, 2.05) is 25.1 Å². The molecule has 1 unspecified atom stereocenters. The SMILES string of the molecule is CC(Cc1ccc(Br)cc1Cl)NN. The molecule has 0 fully saturated rings. The van der Waals surface area contributed by atoms with Crippen LogP contribution in [0, 0.1) is 0 Å². The van der Waals surface area contributed by atoms with Crippen molar-refractivity contribution in [2.24, 2.45) is 5.84 Å². The highest BCUT2D eigenvalue weighted by atomic mass is 79.9. The summed E-state index contributed by atoms with van der Waals surface area (Å²) in [7, 11) is 0. The van der Waals surface area contributed by atoms with Gasteiger partial charge in [0.15, 0.2) is 0 Å². The number of rotatable bonds is 3. The van der Waals surface area contributed by atoms with Crippen molar-refractivity contribution in [2.45, 2.75) is 19.4 Å². The summed E-state index contributed by atoms with van der Waals surface area (Å²) in [6.45, 7) is 2.01. The van der Waals surface area contributed by atoms with E-state index in [4.69, 9.17) is 17.4 Å². The minimum Gasteiger partial charge on any atom is -0.271 e. The second-order valence-corrected chi connectivity index (χ2v) is 4.33. The summed E-state index contributed by atoms with van der Waals surface area (Å²) in [5, 5.41) is 0.775. The number of nitrogens with one attached hydrogen (secondary N) is 1. The lowest BCUT2D eigenvalue weighted by Gasteiger charge is -2.10. The number of nitrogens with two attached hydrogens (primary N) is 1. The Balaban J connectivity index is 2.77. The van der Waals surface area contributed by atoms with Gasteiger partial charge in [-0.25, -0.2) is 0 Å². The number of hydrogen-bond acceptors (Lipinski definition) is 2. The Labute approximate surface area is 91.6 Å². The van der Waals surface area contributed by atoms with Gasteiger partial charge in [-0.1, -0.05) is 33.6 Å². The molecule has 0 saturated heterocycles. The molecule has 0 aliphatic heterocycles. The lowest BCUT2D eigenvalue weighted by atomic mass is 10.1. The first-order chi connectivity index (χ1) is 6.13. The van der Waals surface area contributed by atoms with Gasteiger partial charge in [-0.3, -0.25) is 11.3 Å². The third-order valence-electron chi connectivity index (χ3n) is 1.83. The number of benzene rings is 1. The number of halogens is 2. The zero-order chi connectivity index (χ0) is 9.84. The van der Waals surface area contributed by atoms with E-state index in [-0.39, 0.29) is 6.04 Å². The van der Waals surface area contributed by atoms with Gasteiger partial charge in [0.25, 0.3) is 0 Å². The van der Waals surface area contributed by atoms with Gasteiger partial charge in [-0.05, 0) is 31.0 Å². The monoisotopic (exact) mass is 262 g/mol. The first-order valence-corrected chi connectivity index (χ1v) is 5.20. The van der Waals surface area contributed by atoms with Crippen LogP contribution in [-0.2, 0) is 6.42 Å². The van der Waals surface area contributed by atoms with Crippen molar-refractivity contribution in [1.82, 2.24) is 5.43 Å². The number of hydrogen-bond donors (Lipinski definition) is 2. The Morgan fingerprint density at radius 3 is 2.85 bits per heavy atom. The van der Waals surface area contributed by atoms with Crippen molar-refractivity contribution < 1.29 is 0 Å². The Bertz CT molecular complexity index is 291. The van der Waals surface area contributed by atoms with Crippen LogP contribution in [0.5, 0.6) is 0 Å². The molecular weight excluding hydrogens is 251 g/mol. The van der Waals surface area contributed by atoms with Gasteiger partial charge in [0, 0.05) is 15.5 Å². The third-order valence-corrected chi connectivity index (χ3v) is 2.67. The molecule has 0 heterocycles. The van der Waals surface area contributed by atoms with E-state index < -0.39 is 0 Å². The molecule has 0 aliphatic rings. The van der Waals surface area contributed by atoms with Gasteiger partial charge in [0.05, 0.1) is 0 Å². The fourth-order valence-electron chi connectivity index (χ4n) is 1.08. The van der Waals surface area contributed by atoms with E-state index in [0.717, 1.165) is 21.5 Å². The lowest BCUT2D eigenvalue weighted by molar-refractivity contribution is 0.568. The van der Waals surface area contributed by atoms with Gasteiger partial charge < -0.3 is 0 Å². The van der Waals surface area contributed by atoms with Crippen LogP contribution in [0.4, 0.5) is 0 Å². The van der Waals surface area contributed by atoms with Crippen LogP contribution in [0.25, 0.3) is 0 Å². The topological polar surface area (TPSA) is 38.0 Å². The first-order valence-electron chi connectivity index (χ1n) is 4.03. The predicted molar refractivity (Wildman–Crippen MR) is 59.6 cm³/mol. The second-order valence-electron chi connectivity index (χ2n) is 3.01. The largest absolute Gasteiger partial charge is 0.271 e. The zero-order valence-corrected chi connectivity index (χ0v) is 9.69. The quantitative estimate of drug-likeness (QED) is 0.649. The number of hydrazine groups is 1. The summed E-state index contributed by atoms with van der Waals surface area (Å²) in [5.41, 5.74) is 3.79. The molecule has 1 aromatic rings. The van der Waals surface area contributed by atoms with E-state index >= 15 is 0 Å². The Morgan fingerprint density at radius 2 is 2.31 bits per heavy atom. The molecule has 1 rings (SSSR count). The van der Waals surface area contributed by atoms with Gasteiger partial charge in [0.2, 0.25) is 0 Å². The Hall–Kier alpha value is -0.0900. The second kappa shape index (κ2) is 4.96. The predicted octanol–water partition coefficient (Wildman–Crippen LogP) is 2.50. The van der Waals surface area contributed by atoms with Gasteiger partial charge in [-0.2, -0.15) is 0 Å². The molecule has 72 valence electrons. The molecule has 0 spiro atoms. The fraction of sp³-hybridized carbons (Fsp3) is 0.333. The minimum atomic E-state index is 0.235. The van der Waals surface area contributed by atoms with Crippen molar-refractivity contribution in [3.8, 4) is 0 Å². The average molecular weight is 264 g/mol. The van der Waals surface area contributed by atoms with Crippen LogP contribution in [-0.4, -0.2) is 6.04 Å². The molecule has 0 bridgehead atoms. The molecule has 0 aromatic heterocycles. The Morgan fingerprint density at radius 1 is 1.62 bits per heavy atom. The summed E-state index contributed by atoms with van der Waals surface area (Å²) in [5.74, 6) is 5.30. The van der Waals surface area contributed by atoms with Crippen LogP contribution < -0.4 is 11.3 Å². The van der Waals surface area contributed by atoms with Crippen LogP contribution >= 0.6 is 27.5 Å². The molecule has 0 aliphatic carbocycles. The smallest absolute Gasteiger partial charge is 0.0449 e. The first kappa shape index (κ1) is 11.0. The van der Waals surface area contributed by atoms with Crippen LogP contribution in [0.3, 0.4) is 0 Å². The van der Waals surface area contributed by atoms with E-state index in [1.54, 1.807) is 0 Å². The lowest BCUT2D eigenvalue weighted by Crippen LogP contribution is -2.34. The summed E-state index contributed by atoms with van der Waals surface area (Å²) >= 11 is 9.39. The summed E-state index contributed by atoms with van der Waals surface area (Å²) in [6.07, 6.45) is 0.836. The normalized spacial score (nSPS) is 12.9. The van der Waals surface area contributed by atoms with Crippen molar-refractivity contribution in [2.75, 3.05) is 0 Å². The molecule has 0 amide bonds. The average Bonchev–Trinajstić information content (AvgIpc) is 2.09. The fourth-order valence-corrected chi connectivity index (χ4v) is 1.83. The molecule has 4 heteroatoms. The van der Waals surface area contributed by atoms with Crippen molar-refractivity contribution in [3.63, 3.8) is 0 Å². The summed E-state index contributed by atoms with van der Waals surface area (Å²) < 4.78 is 0.995. The maximum atomic E-state index is 6.03. The van der Waals surface area contributed by atoms with Crippen molar-refractivity contribution >= 4 is 27.5 Å². The minimum absolute atomic E-state index is 0.235. The zero-order valence-electron chi connectivity index (χ0n) is 7.35. The highest BCUT2D eigenvalue weighted by Crippen LogP contribution is 2.22. The molecule has 2 nitrogen and oxygen atoms in total. The third kappa shape index (κ3) is 3.27. The van der Waals surface area contributed by atoms with Crippen molar-refractivity contribution in [3.05, 3.63) is 33.3 Å². The van der Waals surface area contributed by atoms with E-state index in [0.29, 0.717) is 0 Å². The highest BCUT2D eigenvalue weighted by molar-refractivity contribution is 9.10. The molecule has 1 aromatic carbocycles. The standard InChI is InChI=1S/C9H12BrClN2/c1-6(13-12)4-7-2-3-8(10)5-9(7)11/h2-3,5-6,13H,4,12H2,1H3.